The Bertz CT molecular complexity index is 373. The monoisotopic (exact) mass is 262 g/mol. The van der Waals surface area contributed by atoms with Crippen molar-refractivity contribution < 1.29 is 4.79 Å². The molecule has 1 aromatic rings. The Morgan fingerprint density at radius 1 is 1.26 bits per heavy atom. The average molecular weight is 262 g/mol. The highest BCUT2D eigenvalue weighted by Gasteiger charge is 2.04. The topological polar surface area (TPSA) is 55.1 Å². The van der Waals surface area contributed by atoms with E-state index in [4.69, 9.17) is 5.73 Å². The number of benzene rings is 1. The van der Waals surface area contributed by atoms with Crippen molar-refractivity contribution in [3.8, 4) is 0 Å². The van der Waals surface area contributed by atoms with Crippen LogP contribution in [0, 0.1) is 0 Å². The van der Waals surface area contributed by atoms with Crippen LogP contribution in [0.4, 0.5) is 0 Å². The summed E-state index contributed by atoms with van der Waals surface area (Å²) < 4.78 is 0. The average Bonchev–Trinajstić information content (AvgIpc) is 2.39. The molecule has 106 valence electrons. The van der Waals surface area contributed by atoms with Crippen LogP contribution in [0.1, 0.15) is 56.7 Å². The fraction of sp³-hybridized carbons (Fsp3) is 0.562. The van der Waals surface area contributed by atoms with Gasteiger partial charge in [0.15, 0.2) is 0 Å². The van der Waals surface area contributed by atoms with Gasteiger partial charge >= 0.3 is 0 Å². The molecule has 0 radical (unpaired) electrons. The smallest absolute Gasteiger partial charge is 0.217 e. The minimum Gasteiger partial charge on any atom is -0.370 e. The number of hydrogen-bond acceptors (Lipinski definition) is 2. The van der Waals surface area contributed by atoms with E-state index < -0.39 is 0 Å². The first-order valence-corrected chi connectivity index (χ1v) is 7.24. The summed E-state index contributed by atoms with van der Waals surface area (Å²) in [5.41, 5.74) is 7.82. The maximum atomic E-state index is 10.6. The first-order valence-electron chi connectivity index (χ1n) is 7.24. The molecule has 3 N–H and O–H groups in total. The molecular weight excluding hydrogens is 236 g/mol. The fourth-order valence-corrected chi connectivity index (χ4v) is 2.12. The second-order valence-electron chi connectivity index (χ2n) is 5.09. The van der Waals surface area contributed by atoms with Crippen molar-refractivity contribution in [2.75, 3.05) is 6.54 Å². The Balaban J connectivity index is 2.28. The van der Waals surface area contributed by atoms with E-state index in [1.54, 1.807) is 0 Å². The van der Waals surface area contributed by atoms with Crippen LogP contribution in [0.15, 0.2) is 24.3 Å². The van der Waals surface area contributed by atoms with Crippen LogP contribution in [0.3, 0.4) is 0 Å². The molecule has 1 rings (SSSR count). The third kappa shape index (κ3) is 6.39. The van der Waals surface area contributed by atoms with E-state index in [-0.39, 0.29) is 5.91 Å². The number of unbranched alkanes of at least 4 members (excludes halogenated alkanes) is 1. The fourth-order valence-electron chi connectivity index (χ4n) is 2.12. The Morgan fingerprint density at radius 3 is 2.53 bits per heavy atom. The van der Waals surface area contributed by atoms with Gasteiger partial charge in [0.05, 0.1) is 0 Å². The molecule has 3 heteroatoms. The summed E-state index contributed by atoms with van der Waals surface area (Å²) in [7, 11) is 0. The third-order valence-corrected chi connectivity index (χ3v) is 3.32. The third-order valence-electron chi connectivity index (χ3n) is 3.32. The lowest BCUT2D eigenvalue weighted by molar-refractivity contribution is -0.118. The number of hydrogen-bond donors (Lipinski definition) is 2. The number of nitrogens with one attached hydrogen (secondary N) is 1. The van der Waals surface area contributed by atoms with Crippen molar-refractivity contribution in [1.82, 2.24) is 5.32 Å². The van der Waals surface area contributed by atoms with E-state index >= 15 is 0 Å². The summed E-state index contributed by atoms with van der Waals surface area (Å²) in [5, 5.41) is 3.47. The Kier molecular flexibility index (Phi) is 7.19. The lowest BCUT2D eigenvalue weighted by Gasteiger charge is -2.14. The van der Waals surface area contributed by atoms with Crippen LogP contribution in [-0.2, 0) is 11.2 Å². The van der Waals surface area contributed by atoms with Gasteiger partial charge in [0, 0.05) is 12.5 Å². The van der Waals surface area contributed by atoms with E-state index in [0.29, 0.717) is 12.5 Å². The van der Waals surface area contributed by atoms with Crippen molar-refractivity contribution in [1.29, 1.82) is 0 Å². The van der Waals surface area contributed by atoms with Gasteiger partial charge in [-0.15, -0.1) is 0 Å². The summed E-state index contributed by atoms with van der Waals surface area (Å²) in [4.78, 5) is 10.6. The molecule has 3 nitrogen and oxygen atoms in total. The number of carbonyl (C=O) groups excluding carboxylic acids is 1. The zero-order chi connectivity index (χ0) is 14.1. The first kappa shape index (κ1) is 15.7. The van der Waals surface area contributed by atoms with Crippen molar-refractivity contribution in [2.45, 2.75) is 52.0 Å². The van der Waals surface area contributed by atoms with Crippen LogP contribution in [0.2, 0.25) is 0 Å². The zero-order valence-corrected chi connectivity index (χ0v) is 12.1. The van der Waals surface area contributed by atoms with Crippen LogP contribution in [0.5, 0.6) is 0 Å². The van der Waals surface area contributed by atoms with E-state index in [9.17, 15) is 4.79 Å². The summed E-state index contributed by atoms with van der Waals surface area (Å²) in [6, 6.07) is 9.18. The maximum absolute atomic E-state index is 10.6. The predicted octanol–water partition coefficient (Wildman–Crippen LogP) is 2.95. The predicted molar refractivity (Wildman–Crippen MR) is 79.9 cm³/mol. The molecule has 0 saturated carbocycles. The van der Waals surface area contributed by atoms with E-state index in [1.165, 1.54) is 17.5 Å². The van der Waals surface area contributed by atoms with Gasteiger partial charge < -0.3 is 11.1 Å². The summed E-state index contributed by atoms with van der Waals surface area (Å²) in [6.45, 7) is 5.29. The van der Waals surface area contributed by atoms with Gasteiger partial charge in [-0.25, -0.2) is 0 Å². The van der Waals surface area contributed by atoms with Gasteiger partial charge in [-0.2, -0.15) is 0 Å². The van der Waals surface area contributed by atoms with Crippen LogP contribution >= 0.6 is 0 Å². The highest BCUT2D eigenvalue weighted by atomic mass is 16.1. The molecule has 19 heavy (non-hydrogen) atoms. The first-order chi connectivity index (χ1) is 9.13. The molecule has 1 amide bonds. The van der Waals surface area contributed by atoms with E-state index in [2.05, 4.69) is 43.4 Å². The molecule has 0 aromatic heterocycles. The summed E-state index contributed by atoms with van der Waals surface area (Å²) in [6.07, 6.45) is 4.68. The highest BCUT2D eigenvalue weighted by Crippen LogP contribution is 2.14. The molecule has 1 unspecified atom stereocenters. The minimum absolute atomic E-state index is 0.209. The quantitative estimate of drug-likeness (QED) is 0.672. The number of rotatable bonds is 9. The van der Waals surface area contributed by atoms with Gasteiger partial charge in [0.25, 0.3) is 0 Å². The molecule has 0 bridgehead atoms. The highest BCUT2D eigenvalue weighted by molar-refractivity contribution is 5.73. The Hall–Kier alpha value is -1.35. The lowest BCUT2D eigenvalue weighted by atomic mass is 10.0. The molecule has 0 aliphatic rings. The molecule has 0 aliphatic heterocycles. The van der Waals surface area contributed by atoms with Gasteiger partial charge in [-0.3, -0.25) is 4.79 Å². The Labute approximate surface area is 116 Å². The van der Waals surface area contributed by atoms with Crippen LogP contribution < -0.4 is 11.1 Å². The van der Waals surface area contributed by atoms with Crippen LogP contribution in [-0.4, -0.2) is 12.5 Å². The second-order valence-corrected chi connectivity index (χ2v) is 5.09. The van der Waals surface area contributed by atoms with Gasteiger partial charge in [0.2, 0.25) is 5.91 Å². The largest absolute Gasteiger partial charge is 0.370 e. The number of primary amides is 1. The molecule has 1 atom stereocenters. The van der Waals surface area contributed by atoms with Crippen molar-refractivity contribution in [2.24, 2.45) is 5.73 Å². The van der Waals surface area contributed by atoms with Gasteiger partial charge in [-0.1, -0.05) is 37.6 Å². The van der Waals surface area contributed by atoms with Crippen molar-refractivity contribution in [3.63, 3.8) is 0 Å². The standard InChI is InChI=1S/C16H26N2O/c1-3-6-14-8-10-15(11-9-14)13(2)18-12-5-4-7-16(17)19/h8-11,13,18H,3-7,12H2,1-2H3,(H2,17,19). The van der Waals surface area contributed by atoms with Gasteiger partial charge in [-0.05, 0) is 43.9 Å². The minimum atomic E-state index is -0.209. The maximum Gasteiger partial charge on any atom is 0.217 e. The molecule has 1 aromatic carbocycles. The molecule has 0 heterocycles. The number of carbonyl (C=O) groups is 1. The van der Waals surface area contributed by atoms with E-state index in [1.807, 2.05) is 0 Å². The number of amides is 1. The van der Waals surface area contributed by atoms with E-state index in [0.717, 1.165) is 25.8 Å². The summed E-state index contributed by atoms with van der Waals surface area (Å²) in [5.74, 6) is -0.209. The van der Waals surface area contributed by atoms with Gasteiger partial charge in [0.1, 0.15) is 0 Å². The van der Waals surface area contributed by atoms with Crippen molar-refractivity contribution >= 4 is 5.91 Å². The number of aryl methyl sites for hydroxylation is 1. The molecule has 0 saturated heterocycles. The second kappa shape index (κ2) is 8.70. The molecule has 0 fully saturated rings. The summed E-state index contributed by atoms with van der Waals surface area (Å²) >= 11 is 0. The molecule has 0 aliphatic carbocycles. The SMILES string of the molecule is CCCc1ccc(C(C)NCCCCC(N)=O)cc1. The molecular formula is C16H26N2O. The normalized spacial score (nSPS) is 12.3. The van der Waals surface area contributed by atoms with Crippen LogP contribution in [0.25, 0.3) is 0 Å². The van der Waals surface area contributed by atoms with Crippen molar-refractivity contribution in [3.05, 3.63) is 35.4 Å². The molecule has 0 spiro atoms. The lowest BCUT2D eigenvalue weighted by Crippen LogP contribution is -2.20. The number of nitrogens with two attached hydrogens (primary N) is 1. The zero-order valence-electron chi connectivity index (χ0n) is 12.1. The Morgan fingerprint density at radius 2 is 1.95 bits per heavy atom.